The van der Waals surface area contributed by atoms with Crippen LogP contribution in [0.1, 0.15) is 30.9 Å². The quantitative estimate of drug-likeness (QED) is 0.680. The van der Waals surface area contributed by atoms with Crippen molar-refractivity contribution in [3.05, 3.63) is 49.2 Å². The summed E-state index contributed by atoms with van der Waals surface area (Å²) >= 11 is 0. The number of carbonyl (C=O) groups excluding carboxylic acids is 1. The van der Waals surface area contributed by atoms with Gasteiger partial charge in [-0.3, -0.25) is 9.48 Å². The number of hydrogen-bond acceptors (Lipinski definition) is 4. The highest BCUT2D eigenvalue weighted by atomic mass is 16.2. The van der Waals surface area contributed by atoms with Crippen molar-refractivity contribution in [2.24, 2.45) is 7.05 Å². The minimum atomic E-state index is 0.0113. The van der Waals surface area contributed by atoms with Crippen LogP contribution >= 0.6 is 0 Å². The highest BCUT2D eigenvalue weighted by Crippen LogP contribution is 2.31. The van der Waals surface area contributed by atoms with Crippen LogP contribution in [0, 0.1) is 0 Å². The van der Waals surface area contributed by atoms with Gasteiger partial charge in [0.25, 0.3) is 0 Å². The molecule has 4 rings (SSSR count). The second-order valence-electron chi connectivity index (χ2n) is 6.73. The number of carbonyl (C=O) groups is 1. The fourth-order valence-corrected chi connectivity index (χ4v) is 3.66. The maximum atomic E-state index is 11.9. The third-order valence-corrected chi connectivity index (χ3v) is 5.02. The van der Waals surface area contributed by atoms with Crippen molar-refractivity contribution in [1.29, 1.82) is 0 Å². The Morgan fingerprint density at radius 2 is 2.15 bits per heavy atom. The average molecular weight is 350 g/mol. The number of aromatic nitrogens is 5. The van der Waals surface area contributed by atoms with Gasteiger partial charge in [0.2, 0.25) is 5.91 Å². The van der Waals surface area contributed by atoms with Gasteiger partial charge in [0.05, 0.1) is 35.5 Å². The molecule has 134 valence electrons. The molecular formula is C19H22N6O. The second-order valence-corrected chi connectivity index (χ2v) is 6.73. The monoisotopic (exact) mass is 350 g/mol. The van der Waals surface area contributed by atoms with E-state index in [2.05, 4.69) is 16.8 Å². The molecule has 7 nitrogen and oxygen atoms in total. The topological polar surface area (TPSA) is 68.3 Å². The fraction of sp³-hybridized carbons (Fsp3) is 0.368. The number of likely N-dealkylation sites (tertiary alicyclic amines) is 1. The number of fused-ring (bicyclic) bond motifs is 1. The number of aryl methyl sites for hydroxylation is 1. The molecule has 0 aromatic carbocycles. The van der Waals surface area contributed by atoms with E-state index in [0.717, 1.165) is 54.8 Å². The molecule has 0 N–H and O–H groups in total. The number of rotatable bonds is 3. The van der Waals surface area contributed by atoms with Crippen LogP contribution in [0.15, 0.2) is 43.5 Å². The van der Waals surface area contributed by atoms with Gasteiger partial charge in [0.15, 0.2) is 0 Å². The van der Waals surface area contributed by atoms with Gasteiger partial charge in [-0.05, 0) is 31.4 Å². The zero-order valence-corrected chi connectivity index (χ0v) is 14.9. The molecule has 1 atom stereocenters. The van der Waals surface area contributed by atoms with E-state index in [1.54, 1.807) is 10.9 Å². The van der Waals surface area contributed by atoms with Crippen LogP contribution in [-0.2, 0) is 11.8 Å². The zero-order chi connectivity index (χ0) is 18.1. The van der Waals surface area contributed by atoms with E-state index in [0.29, 0.717) is 5.92 Å². The van der Waals surface area contributed by atoms with Crippen molar-refractivity contribution >= 4 is 11.4 Å². The summed E-state index contributed by atoms with van der Waals surface area (Å²) < 4.78 is 3.66. The Hall–Kier alpha value is -2.96. The van der Waals surface area contributed by atoms with Gasteiger partial charge in [0.1, 0.15) is 0 Å². The Kier molecular flexibility index (Phi) is 4.28. The minimum Gasteiger partial charge on any atom is -0.339 e. The summed E-state index contributed by atoms with van der Waals surface area (Å²) in [6.45, 7) is 5.11. The summed E-state index contributed by atoms with van der Waals surface area (Å²) in [5.74, 6) is 0.311. The van der Waals surface area contributed by atoms with Crippen LogP contribution in [0.25, 0.3) is 16.8 Å². The highest BCUT2D eigenvalue weighted by molar-refractivity contribution is 5.87. The molecule has 4 heterocycles. The first-order valence-corrected chi connectivity index (χ1v) is 8.90. The highest BCUT2D eigenvalue weighted by Gasteiger charge is 2.24. The van der Waals surface area contributed by atoms with Crippen molar-refractivity contribution < 1.29 is 4.79 Å². The standard InChI is InChI=1S/C19H22N6O/c1-3-18(26)24-9-4-5-14(7-10-24)19-17-6-8-20-25(17)13-16(22-19)15-11-21-23(2)12-15/h3,6,8,11-14H,1,4-5,7,9-10H2,2H3. The molecule has 1 saturated heterocycles. The molecule has 0 aliphatic carbocycles. The Bertz CT molecular complexity index is 956. The predicted octanol–water partition coefficient (Wildman–Crippen LogP) is 2.41. The van der Waals surface area contributed by atoms with Crippen LogP contribution in [-0.4, -0.2) is 48.3 Å². The smallest absolute Gasteiger partial charge is 0.245 e. The van der Waals surface area contributed by atoms with E-state index in [9.17, 15) is 4.79 Å². The van der Waals surface area contributed by atoms with E-state index in [1.165, 1.54) is 6.08 Å². The van der Waals surface area contributed by atoms with E-state index in [4.69, 9.17) is 4.98 Å². The molecule has 0 bridgehead atoms. The summed E-state index contributed by atoms with van der Waals surface area (Å²) in [5.41, 5.74) is 3.93. The van der Waals surface area contributed by atoms with Crippen molar-refractivity contribution in [2.75, 3.05) is 13.1 Å². The Labute approximate surface area is 151 Å². The lowest BCUT2D eigenvalue weighted by atomic mass is 9.95. The maximum Gasteiger partial charge on any atom is 0.245 e. The summed E-state index contributed by atoms with van der Waals surface area (Å²) in [6, 6.07) is 2.01. The third-order valence-electron chi connectivity index (χ3n) is 5.02. The van der Waals surface area contributed by atoms with Crippen molar-refractivity contribution in [3.63, 3.8) is 0 Å². The lowest BCUT2D eigenvalue weighted by Gasteiger charge is -2.19. The van der Waals surface area contributed by atoms with E-state index in [-0.39, 0.29) is 5.91 Å². The average Bonchev–Trinajstić information content (AvgIpc) is 3.22. The maximum absolute atomic E-state index is 11.9. The summed E-state index contributed by atoms with van der Waals surface area (Å²) in [6.07, 6.45) is 11.8. The number of nitrogens with zero attached hydrogens (tertiary/aromatic N) is 6. The zero-order valence-electron chi connectivity index (χ0n) is 14.9. The summed E-state index contributed by atoms with van der Waals surface area (Å²) in [7, 11) is 1.90. The Morgan fingerprint density at radius 3 is 2.92 bits per heavy atom. The molecule has 1 fully saturated rings. The molecule has 3 aromatic rings. The van der Waals surface area contributed by atoms with E-state index in [1.807, 2.05) is 41.1 Å². The molecule has 0 saturated carbocycles. The Morgan fingerprint density at radius 1 is 1.27 bits per heavy atom. The summed E-state index contributed by atoms with van der Waals surface area (Å²) in [4.78, 5) is 18.8. The molecule has 1 unspecified atom stereocenters. The van der Waals surface area contributed by atoms with E-state index >= 15 is 0 Å². The minimum absolute atomic E-state index is 0.0113. The van der Waals surface area contributed by atoms with Crippen LogP contribution in [0.2, 0.25) is 0 Å². The van der Waals surface area contributed by atoms with Crippen LogP contribution in [0.3, 0.4) is 0 Å². The van der Waals surface area contributed by atoms with Crippen molar-refractivity contribution in [1.82, 2.24) is 29.3 Å². The van der Waals surface area contributed by atoms with Gasteiger partial charge in [-0.15, -0.1) is 0 Å². The summed E-state index contributed by atoms with van der Waals surface area (Å²) in [5, 5.41) is 8.67. The van der Waals surface area contributed by atoms with Gasteiger partial charge in [-0.25, -0.2) is 9.50 Å². The lowest BCUT2D eigenvalue weighted by molar-refractivity contribution is -0.125. The second kappa shape index (κ2) is 6.74. The lowest BCUT2D eigenvalue weighted by Crippen LogP contribution is -2.30. The molecule has 1 aliphatic rings. The number of hydrogen-bond donors (Lipinski definition) is 0. The van der Waals surface area contributed by atoms with Crippen LogP contribution in [0.4, 0.5) is 0 Å². The van der Waals surface area contributed by atoms with Crippen molar-refractivity contribution in [2.45, 2.75) is 25.2 Å². The van der Waals surface area contributed by atoms with Gasteiger partial charge in [-0.1, -0.05) is 6.58 Å². The largest absolute Gasteiger partial charge is 0.339 e. The molecule has 1 amide bonds. The third kappa shape index (κ3) is 3.00. The van der Waals surface area contributed by atoms with Gasteiger partial charge in [0, 0.05) is 37.8 Å². The van der Waals surface area contributed by atoms with Gasteiger partial charge >= 0.3 is 0 Å². The number of amides is 1. The molecule has 0 radical (unpaired) electrons. The SMILES string of the molecule is C=CC(=O)N1CCCC(c2nc(-c3cnn(C)c3)cn3nccc23)CC1. The normalized spacial score (nSPS) is 18.0. The molecule has 1 aliphatic heterocycles. The van der Waals surface area contributed by atoms with Crippen LogP contribution in [0.5, 0.6) is 0 Å². The predicted molar refractivity (Wildman–Crippen MR) is 98.6 cm³/mol. The molecular weight excluding hydrogens is 328 g/mol. The van der Waals surface area contributed by atoms with Crippen molar-refractivity contribution in [3.8, 4) is 11.3 Å². The molecule has 7 heteroatoms. The Balaban J connectivity index is 1.70. The van der Waals surface area contributed by atoms with E-state index < -0.39 is 0 Å². The first-order valence-electron chi connectivity index (χ1n) is 8.90. The first kappa shape index (κ1) is 16.5. The first-order chi connectivity index (χ1) is 12.7. The molecule has 26 heavy (non-hydrogen) atoms. The fourth-order valence-electron chi connectivity index (χ4n) is 3.66. The van der Waals surface area contributed by atoms with Crippen LogP contribution < -0.4 is 0 Å². The van der Waals surface area contributed by atoms with Gasteiger partial charge < -0.3 is 4.90 Å². The molecule has 0 spiro atoms. The molecule has 3 aromatic heterocycles. The van der Waals surface area contributed by atoms with Gasteiger partial charge in [-0.2, -0.15) is 10.2 Å².